The largest absolute Gasteiger partial charge is 0.309 e. The minimum absolute atomic E-state index is 0.569. The normalized spacial score (nSPS) is 11.7. The molecular formula is C52H32N6S. The van der Waals surface area contributed by atoms with E-state index in [4.69, 9.17) is 19.9 Å². The fourth-order valence-electron chi connectivity index (χ4n) is 8.52. The Labute approximate surface area is 343 Å². The smallest absolute Gasteiger partial charge is 0.238 e. The van der Waals surface area contributed by atoms with Crippen molar-refractivity contribution in [2.75, 3.05) is 0 Å². The van der Waals surface area contributed by atoms with E-state index in [1.807, 2.05) is 42.5 Å². The van der Waals surface area contributed by atoms with Crippen molar-refractivity contribution in [3.05, 3.63) is 194 Å². The molecule has 0 N–H and O–H groups in total. The zero-order valence-electron chi connectivity index (χ0n) is 31.6. The van der Waals surface area contributed by atoms with Crippen molar-refractivity contribution in [2.45, 2.75) is 0 Å². The summed E-state index contributed by atoms with van der Waals surface area (Å²) in [4.78, 5) is 20.6. The topological polar surface area (TPSA) is 61.4 Å². The van der Waals surface area contributed by atoms with Gasteiger partial charge in [0.15, 0.2) is 11.6 Å². The molecule has 0 saturated heterocycles. The molecule has 0 bridgehead atoms. The van der Waals surface area contributed by atoms with Crippen molar-refractivity contribution < 1.29 is 0 Å². The molecule has 12 rings (SSSR count). The lowest BCUT2D eigenvalue weighted by atomic mass is 10.00. The first-order valence-corrected chi connectivity index (χ1v) is 20.5. The van der Waals surface area contributed by atoms with Gasteiger partial charge in [-0.15, -0.1) is 11.3 Å². The number of fused-ring (bicyclic) bond motifs is 7. The lowest BCUT2D eigenvalue weighted by Crippen LogP contribution is -2.06. The van der Waals surface area contributed by atoms with E-state index in [9.17, 15) is 0 Å². The quantitative estimate of drug-likeness (QED) is 0.169. The van der Waals surface area contributed by atoms with E-state index in [1.165, 1.54) is 10.8 Å². The molecule has 8 aromatic carbocycles. The molecule has 276 valence electrons. The second kappa shape index (κ2) is 13.4. The Morgan fingerprint density at radius 2 is 0.966 bits per heavy atom. The monoisotopic (exact) mass is 772 g/mol. The first kappa shape index (κ1) is 33.4. The molecule has 0 atom stereocenters. The summed E-state index contributed by atoms with van der Waals surface area (Å²) < 4.78 is 5.76. The van der Waals surface area contributed by atoms with Crippen molar-refractivity contribution >= 4 is 65.2 Å². The number of hydrogen-bond donors (Lipinski definition) is 0. The van der Waals surface area contributed by atoms with Gasteiger partial charge in [0.2, 0.25) is 5.95 Å². The summed E-state index contributed by atoms with van der Waals surface area (Å²) in [5.74, 6) is 1.82. The van der Waals surface area contributed by atoms with Crippen LogP contribution in [0.2, 0.25) is 0 Å². The lowest BCUT2D eigenvalue weighted by Gasteiger charge is -2.13. The van der Waals surface area contributed by atoms with Crippen molar-refractivity contribution in [1.82, 2.24) is 29.1 Å². The molecule has 0 amide bonds. The molecule has 12 aromatic rings. The average Bonchev–Trinajstić information content (AvgIpc) is 3.99. The number of thiazole rings is 1. The third-order valence-electron chi connectivity index (χ3n) is 11.2. The molecule has 0 spiro atoms. The van der Waals surface area contributed by atoms with Gasteiger partial charge in [0.05, 0.1) is 32.3 Å². The van der Waals surface area contributed by atoms with Crippen molar-refractivity contribution in [3.63, 3.8) is 0 Å². The second-order valence-electron chi connectivity index (χ2n) is 14.7. The average molecular weight is 773 g/mol. The van der Waals surface area contributed by atoms with Gasteiger partial charge in [-0.25, -0.2) is 9.97 Å². The molecule has 0 aliphatic heterocycles. The minimum atomic E-state index is 0.569. The van der Waals surface area contributed by atoms with Gasteiger partial charge >= 0.3 is 0 Å². The van der Waals surface area contributed by atoms with Gasteiger partial charge in [-0.3, -0.25) is 4.57 Å². The van der Waals surface area contributed by atoms with Crippen LogP contribution in [0.4, 0.5) is 0 Å². The molecular weight excluding hydrogens is 741 g/mol. The zero-order chi connectivity index (χ0) is 38.9. The maximum Gasteiger partial charge on any atom is 0.238 e. The zero-order valence-corrected chi connectivity index (χ0v) is 32.4. The van der Waals surface area contributed by atoms with Crippen LogP contribution in [-0.2, 0) is 0 Å². The Hall–Kier alpha value is -7.74. The summed E-state index contributed by atoms with van der Waals surface area (Å²) >= 11 is 1.74. The molecule has 0 radical (unpaired) electrons. The van der Waals surface area contributed by atoms with E-state index in [-0.39, 0.29) is 0 Å². The van der Waals surface area contributed by atoms with Crippen LogP contribution >= 0.6 is 11.3 Å². The minimum Gasteiger partial charge on any atom is -0.309 e. The summed E-state index contributed by atoms with van der Waals surface area (Å²) in [6, 6.07) is 68.0. The molecule has 7 heteroatoms. The van der Waals surface area contributed by atoms with E-state index in [0.717, 1.165) is 81.6 Å². The number of benzene rings is 8. The number of nitrogens with zero attached hydrogens (tertiary/aromatic N) is 6. The van der Waals surface area contributed by atoms with Crippen LogP contribution in [0, 0.1) is 0 Å². The maximum absolute atomic E-state index is 5.22. The van der Waals surface area contributed by atoms with Gasteiger partial charge in [-0.2, -0.15) is 9.97 Å². The van der Waals surface area contributed by atoms with Crippen molar-refractivity contribution in [2.24, 2.45) is 0 Å². The molecule has 0 saturated carbocycles. The van der Waals surface area contributed by atoms with Crippen LogP contribution in [-0.4, -0.2) is 29.1 Å². The third-order valence-corrected chi connectivity index (χ3v) is 12.3. The van der Waals surface area contributed by atoms with Crippen LogP contribution in [0.15, 0.2) is 194 Å². The van der Waals surface area contributed by atoms with Crippen molar-refractivity contribution in [1.29, 1.82) is 0 Å². The standard InChI is InChI=1S/C52H32N6S/c1-5-16-33(17-6-1)49-54-50(34-18-7-2-8-19-34)56-52(55-49)58-44-27-14-13-24-39(44)40-26-15-25-38(48(40)58)36-28-29-45-41(30-36)42-31-47-43(53-51(59-47)35-20-9-3-10-21-35)32-46(42)57(45)37-22-11-4-12-23-37/h1-32H. The van der Waals surface area contributed by atoms with Crippen LogP contribution < -0.4 is 0 Å². The SMILES string of the molecule is c1ccc(-c2nc(-c3ccccc3)nc(-n3c4ccccc4c4cccc(-c5ccc6c(c5)c5cc7sc(-c8ccccc8)nc7cc5n6-c5ccccc5)c43)n2)cc1. The number of aromatic nitrogens is 6. The molecule has 0 aliphatic carbocycles. The summed E-state index contributed by atoms with van der Waals surface area (Å²) in [6.07, 6.45) is 0. The van der Waals surface area contributed by atoms with Gasteiger partial charge in [0.1, 0.15) is 5.01 Å². The van der Waals surface area contributed by atoms with Gasteiger partial charge in [0, 0.05) is 49.5 Å². The van der Waals surface area contributed by atoms with Crippen LogP contribution in [0.25, 0.3) is 110 Å². The highest BCUT2D eigenvalue weighted by Gasteiger charge is 2.22. The fourth-order valence-corrected chi connectivity index (χ4v) is 9.52. The van der Waals surface area contributed by atoms with Crippen LogP contribution in [0.1, 0.15) is 0 Å². The van der Waals surface area contributed by atoms with E-state index in [2.05, 4.69) is 161 Å². The highest BCUT2D eigenvalue weighted by Crippen LogP contribution is 2.42. The number of para-hydroxylation sites is 3. The highest BCUT2D eigenvalue weighted by atomic mass is 32.1. The Bertz CT molecular complexity index is 3480. The molecule has 59 heavy (non-hydrogen) atoms. The predicted octanol–water partition coefficient (Wildman–Crippen LogP) is 13.3. The number of hydrogen-bond acceptors (Lipinski definition) is 5. The number of rotatable bonds is 6. The van der Waals surface area contributed by atoms with Gasteiger partial charge < -0.3 is 4.57 Å². The van der Waals surface area contributed by atoms with Crippen LogP contribution in [0.5, 0.6) is 0 Å². The summed E-state index contributed by atoms with van der Waals surface area (Å²) in [7, 11) is 0. The molecule has 0 fully saturated rings. The van der Waals surface area contributed by atoms with Gasteiger partial charge in [-0.1, -0.05) is 152 Å². The first-order chi connectivity index (χ1) is 29.2. The molecule has 0 aliphatic rings. The van der Waals surface area contributed by atoms with E-state index < -0.39 is 0 Å². The molecule has 4 heterocycles. The Morgan fingerprint density at radius 3 is 1.68 bits per heavy atom. The van der Waals surface area contributed by atoms with E-state index >= 15 is 0 Å². The second-order valence-corrected chi connectivity index (χ2v) is 15.7. The van der Waals surface area contributed by atoms with Crippen molar-refractivity contribution in [3.8, 4) is 56.1 Å². The predicted molar refractivity (Wildman–Crippen MR) is 243 cm³/mol. The molecule has 4 aromatic heterocycles. The molecule has 6 nitrogen and oxygen atoms in total. The lowest BCUT2D eigenvalue weighted by molar-refractivity contribution is 0.954. The van der Waals surface area contributed by atoms with Crippen LogP contribution in [0.3, 0.4) is 0 Å². The summed E-state index contributed by atoms with van der Waals surface area (Å²) in [6.45, 7) is 0. The maximum atomic E-state index is 5.22. The van der Waals surface area contributed by atoms with E-state index in [1.54, 1.807) is 11.3 Å². The van der Waals surface area contributed by atoms with Gasteiger partial charge in [0.25, 0.3) is 0 Å². The first-order valence-electron chi connectivity index (χ1n) is 19.6. The summed E-state index contributed by atoms with van der Waals surface area (Å²) in [5.41, 5.74) is 11.6. The fraction of sp³-hybridized carbons (Fsp3) is 0. The summed E-state index contributed by atoms with van der Waals surface area (Å²) in [5, 5.41) is 5.65. The Morgan fingerprint density at radius 1 is 0.373 bits per heavy atom. The Kier molecular flexibility index (Phi) is 7.61. The highest BCUT2D eigenvalue weighted by molar-refractivity contribution is 7.21. The molecule has 0 unspecified atom stereocenters. The Balaban J connectivity index is 1.13. The third kappa shape index (κ3) is 5.47. The van der Waals surface area contributed by atoms with Gasteiger partial charge in [-0.05, 0) is 48.0 Å². The van der Waals surface area contributed by atoms with E-state index in [0.29, 0.717) is 17.6 Å².